The van der Waals surface area contributed by atoms with E-state index in [9.17, 15) is 9.59 Å². The van der Waals surface area contributed by atoms with Crippen molar-refractivity contribution in [2.75, 3.05) is 19.6 Å². The Balaban J connectivity index is 1.78. The average molecular weight is 287 g/mol. The van der Waals surface area contributed by atoms with Gasteiger partial charge in [-0.15, -0.1) is 11.3 Å². The molecule has 2 heterocycles. The molecule has 1 aliphatic rings. The van der Waals surface area contributed by atoms with Crippen LogP contribution in [0.2, 0.25) is 4.34 Å². The summed E-state index contributed by atoms with van der Waals surface area (Å²) in [5.74, 6) is 0.0654. The van der Waals surface area contributed by atoms with Crippen molar-refractivity contribution >= 4 is 34.8 Å². The van der Waals surface area contributed by atoms with E-state index in [4.69, 9.17) is 11.6 Å². The molecule has 2 amide bonds. The van der Waals surface area contributed by atoms with Crippen molar-refractivity contribution in [2.24, 2.45) is 5.92 Å². The first-order valence-electron chi connectivity index (χ1n) is 5.90. The van der Waals surface area contributed by atoms with E-state index < -0.39 is 0 Å². The summed E-state index contributed by atoms with van der Waals surface area (Å²) in [7, 11) is 0. The summed E-state index contributed by atoms with van der Waals surface area (Å²) in [5, 5.41) is 2.77. The number of thiophene rings is 1. The van der Waals surface area contributed by atoms with Crippen molar-refractivity contribution in [1.82, 2.24) is 10.2 Å². The minimum atomic E-state index is -0.0409. The fraction of sp³-hybridized carbons (Fsp3) is 0.500. The number of halogens is 1. The molecule has 0 aliphatic carbocycles. The van der Waals surface area contributed by atoms with Crippen molar-refractivity contribution in [3.63, 3.8) is 0 Å². The predicted octanol–water partition coefficient (Wildman–Crippen LogP) is 1.54. The highest BCUT2D eigenvalue weighted by Crippen LogP contribution is 2.23. The molecule has 0 radical (unpaired) electrons. The van der Waals surface area contributed by atoms with Gasteiger partial charge in [-0.2, -0.15) is 0 Å². The lowest BCUT2D eigenvalue weighted by molar-refractivity contribution is -0.142. The maximum atomic E-state index is 11.9. The summed E-state index contributed by atoms with van der Waals surface area (Å²) in [6.45, 7) is 3.59. The second-order valence-corrected chi connectivity index (χ2v) is 6.07. The Morgan fingerprint density at radius 2 is 2.22 bits per heavy atom. The van der Waals surface area contributed by atoms with Crippen molar-refractivity contribution in [1.29, 1.82) is 0 Å². The van der Waals surface area contributed by atoms with Gasteiger partial charge in [0, 0.05) is 24.5 Å². The van der Waals surface area contributed by atoms with Crippen molar-refractivity contribution in [2.45, 2.75) is 13.3 Å². The summed E-state index contributed by atoms with van der Waals surface area (Å²) in [5.41, 5.74) is 0. The highest BCUT2D eigenvalue weighted by atomic mass is 35.5. The number of nitrogens with one attached hydrogen (secondary N) is 1. The molecule has 0 bridgehead atoms. The number of hydrogen-bond donors (Lipinski definition) is 1. The smallest absolute Gasteiger partial charge is 0.227 e. The quantitative estimate of drug-likeness (QED) is 0.913. The van der Waals surface area contributed by atoms with Crippen LogP contribution >= 0.6 is 22.9 Å². The van der Waals surface area contributed by atoms with Crippen LogP contribution < -0.4 is 5.32 Å². The van der Waals surface area contributed by atoms with E-state index in [2.05, 4.69) is 5.32 Å². The first-order valence-corrected chi connectivity index (χ1v) is 7.09. The van der Waals surface area contributed by atoms with Crippen LogP contribution in [0.25, 0.3) is 0 Å². The first kappa shape index (κ1) is 13.4. The van der Waals surface area contributed by atoms with Gasteiger partial charge in [0.25, 0.3) is 0 Å². The molecule has 2 rings (SSSR count). The summed E-state index contributed by atoms with van der Waals surface area (Å²) in [4.78, 5) is 26.1. The van der Waals surface area contributed by atoms with E-state index in [0.29, 0.717) is 30.4 Å². The fourth-order valence-corrected chi connectivity index (χ4v) is 2.95. The number of rotatable bonds is 4. The molecule has 1 aromatic rings. The summed E-state index contributed by atoms with van der Waals surface area (Å²) >= 11 is 7.23. The van der Waals surface area contributed by atoms with Crippen LogP contribution in [0.3, 0.4) is 0 Å². The number of likely N-dealkylation sites (tertiary alicyclic amines) is 1. The van der Waals surface area contributed by atoms with Gasteiger partial charge in [0.15, 0.2) is 0 Å². The molecule has 6 heteroatoms. The van der Waals surface area contributed by atoms with Crippen molar-refractivity contribution in [3.8, 4) is 0 Å². The van der Waals surface area contributed by atoms with Crippen molar-refractivity contribution < 1.29 is 9.59 Å². The van der Waals surface area contributed by atoms with Crippen molar-refractivity contribution in [3.05, 3.63) is 21.3 Å². The standard InChI is InChI=1S/C12H15ClN2O2S/c1-2-14-12(17)8-6-15(7-8)11(16)5-9-3-4-10(13)18-9/h3-4,8H,2,5-7H2,1H3,(H,14,17). The molecule has 1 saturated heterocycles. The van der Waals surface area contributed by atoms with Crippen LogP contribution in [-0.4, -0.2) is 36.3 Å². The van der Waals surface area contributed by atoms with Crippen LogP contribution in [0.4, 0.5) is 0 Å². The molecule has 0 spiro atoms. The number of carbonyl (C=O) groups excluding carboxylic acids is 2. The molecular weight excluding hydrogens is 272 g/mol. The lowest BCUT2D eigenvalue weighted by Gasteiger charge is -2.38. The van der Waals surface area contributed by atoms with Gasteiger partial charge in [-0.3, -0.25) is 9.59 Å². The third kappa shape index (κ3) is 3.03. The summed E-state index contributed by atoms with van der Waals surface area (Å²) < 4.78 is 0.696. The maximum Gasteiger partial charge on any atom is 0.227 e. The number of carbonyl (C=O) groups is 2. The fourth-order valence-electron chi connectivity index (χ4n) is 1.87. The van der Waals surface area contributed by atoms with Gasteiger partial charge >= 0.3 is 0 Å². The van der Waals surface area contributed by atoms with Gasteiger partial charge < -0.3 is 10.2 Å². The number of nitrogens with zero attached hydrogens (tertiary/aromatic N) is 1. The third-order valence-corrected chi connectivity index (χ3v) is 4.14. The second-order valence-electron chi connectivity index (χ2n) is 4.27. The van der Waals surface area contributed by atoms with E-state index in [1.807, 2.05) is 13.0 Å². The molecule has 1 aliphatic heterocycles. The molecular formula is C12H15ClN2O2S. The minimum Gasteiger partial charge on any atom is -0.356 e. The Morgan fingerprint density at radius 1 is 1.50 bits per heavy atom. The van der Waals surface area contributed by atoms with Gasteiger partial charge in [0.05, 0.1) is 16.7 Å². The Morgan fingerprint density at radius 3 is 2.78 bits per heavy atom. The zero-order valence-corrected chi connectivity index (χ0v) is 11.7. The van der Waals surface area contributed by atoms with Crippen LogP contribution in [0.5, 0.6) is 0 Å². The second kappa shape index (κ2) is 5.71. The normalized spacial score (nSPS) is 15.3. The highest BCUT2D eigenvalue weighted by molar-refractivity contribution is 7.16. The van der Waals surface area contributed by atoms with E-state index in [1.165, 1.54) is 11.3 Å². The predicted molar refractivity (Wildman–Crippen MR) is 71.8 cm³/mol. The highest BCUT2D eigenvalue weighted by Gasteiger charge is 2.35. The average Bonchev–Trinajstić information content (AvgIpc) is 2.62. The van der Waals surface area contributed by atoms with Gasteiger partial charge in [-0.25, -0.2) is 0 Å². The SMILES string of the molecule is CCNC(=O)C1CN(C(=O)Cc2ccc(Cl)s2)C1. The van der Waals surface area contributed by atoms with E-state index >= 15 is 0 Å². The third-order valence-electron chi connectivity index (χ3n) is 2.91. The van der Waals surface area contributed by atoms with E-state index in [-0.39, 0.29) is 17.7 Å². The molecule has 0 saturated carbocycles. The molecule has 1 N–H and O–H groups in total. The molecule has 18 heavy (non-hydrogen) atoms. The summed E-state index contributed by atoms with van der Waals surface area (Å²) in [6, 6.07) is 3.66. The lowest BCUT2D eigenvalue weighted by atomic mass is 9.98. The van der Waals surface area contributed by atoms with E-state index in [0.717, 1.165) is 4.88 Å². The van der Waals surface area contributed by atoms with E-state index in [1.54, 1.807) is 11.0 Å². The monoisotopic (exact) mass is 286 g/mol. The molecule has 4 nitrogen and oxygen atoms in total. The van der Waals surface area contributed by atoms with Crippen LogP contribution in [0.15, 0.2) is 12.1 Å². The molecule has 0 aromatic carbocycles. The Bertz CT molecular complexity index is 455. The molecule has 0 unspecified atom stereocenters. The largest absolute Gasteiger partial charge is 0.356 e. The van der Waals surface area contributed by atoms with Gasteiger partial charge in [0.2, 0.25) is 11.8 Å². The minimum absolute atomic E-state index is 0.0409. The Hall–Kier alpha value is -1.07. The molecule has 0 atom stereocenters. The zero-order chi connectivity index (χ0) is 13.1. The van der Waals surface area contributed by atoms with Gasteiger partial charge in [0.1, 0.15) is 0 Å². The first-order chi connectivity index (χ1) is 8.60. The van der Waals surface area contributed by atoms with Gasteiger partial charge in [-0.05, 0) is 19.1 Å². The summed E-state index contributed by atoms with van der Waals surface area (Å²) in [6.07, 6.45) is 0.375. The Labute approximate surface area is 115 Å². The van der Waals surface area contributed by atoms with Crippen LogP contribution in [-0.2, 0) is 16.0 Å². The molecule has 98 valence electrons. The number of amides is 2. The van der Waals surface area contributed by atoms with Crippen LogP contribution in [0, 0.1) is 5.92 Å². The maximum absolute atomic E-state index is 11.9. The van der Waals surface area contributed by atoms with Crippen LogP contribution in [0.1, 0.15) is 11.8 Å². The molecule has 1 fully saturated rings. The number of hydrogen-bond acceptors (Lipinski definition) is 3. The zero-order valence-electron chi connectivity index (χ0n) is 10.1. The van der Waals surface area contributed by atoms with Gasteiger partial charge in [-0.1, -0.05) is 11.6 Å². The lowest BCUT2D eigenvalue weighted by Crippen LogP contribution is -2.56. The molecule has 1 aromatic heterocycles. The topological polar surface area (TPSA) is 49.4 Å². The Kier molecular flexibility index (Phi) is 4.24.